The highest BCUT2D eigenvalue weighted by Crippen LogP contribution is 2.18. The van der Waals surface area contributed by atoms with E-state index in [1.807, 2.05) is 6.92 Å². The van der Waals surface area contributed by atoms with Crippen LogP contribution in [0.1, 0.15) is 26.2 Å². The van der Waals surface area contributed by atoms with Gasteiger partial charge in [0.15, 0.2) is 0 Å². The monoisotopic (exact) mass is 245 g/mol. The van der Waals surface area contributed by atoms with Crippen LogP contribution in [-0.2, 0) is 14.3 Å². The summed E-state index contributed by atoms with van der Waals surface area (Å²) in [4.78, 5) is 13.3. The zero-order valence-corrected chi connectivity index (χ0v) is 10.7. The quantitative estimate of drug-likeness (QED) is 0.724. The number of hydrogen-bond donors (Lipinski definition) is 1. The number of nitrogens with zero attached hydrogens (tertiary/aromatic N) is 1. The maximum atomic E-state index is 11.3. The van der Waals surface area contributed by atoms with Crippen LogP contribution >= 0.6 is 0 Å². The molecule has 0 saturated carbocycles. The van der Waals surface area contributed by atoms with Gasteiger partial charge in [0, 0.05) is 32.9 Å². The number of carboxylic acid groups (broad SMARTS) is 1. The topological polar surface area (TPSA) is 59.0 Å². The Morgan fingerprint density at radius 3 is 2.65 bits per heavy atom. The Bertz CT molecular complexity index is 229. The predicted molar refractivity (Wildman–Crippen MR) is 64.1 cm³/mol. The molecule has 1 aliphatic rings. The van der Waals surface area contributed by atoms with Crippen molar-refractivity contribution in [2.75, 3.05) is 33.5 Å². The first-order valence-electron chi connectivity index (χ1n) is 6.26. The average Bonchev–Trinajstić information content (AvgIpc) is 2.35. The van der Waals surface area contributed by atoms with Crippen LogP contribution in [0.2, 0.25) is 0 Å². The molecule has 0 bridgehead atoms. The zero-order chi connectivity index (χ0) is 12.7. The average molecular weight is 245 g/mol. The molecule has 1 fully saturated rings. The van der Waals surface area contributed by atoms with Gasteiger partial charge in [0.25, 0.3) is 0 Å². The van der Waals surface area contributed by atoms with Crippen molar-refractivity contribution < 1.29 is 19.4 Å². The van der Waals surface area contributed by atoms with Crippen molar-refractivity contribution >= 4 is 5.97 Å². The van der Waals surface area contributed by atoms with Crippen molar-refractivity contribution in [3.05, 3.63) is 0 Å². The van der Waals surface area contributed by atoms with Crippen LogP contribution in [-0.4, -0.2) is 61.5 Å². The maximum Gasteiger partial charge on any atom is 0.320 e. The van der Waals surface area contributed by atoms with Crippen molar-refractivity contribution in [2.24, 2.45) is 0 Å². The molecule has 1 heterocycles. The Kier molecular flexibility index (Phi) is 6.47. The summed E-state index contributed by atoms with van der Waals surface area (Å²) in [5.41, 5.74) is 0. The smallest absolute Gasteiger partial charge is 0.320 e. The van der Waals surface area contributed by atoms with Gasteiger partial charge in [-0.2, -0.15) is 0 Å². The fourth-order valence-corrected chi connectivity index (χ4v) is 2.36. The van der Waals surface area contributed by atoms with Crippen LogP contribution in [0.25, 0.3) is 0 Å². The third-order valence-electron chi connectivity index (χ3n) is 3.29. The zero-order valence-electron chi connectivity index (χ0n) is 10.7. The van der Waals surface area contributed by atoms with E-state index in [0.29, 0.717) is 25.6 Å². The molecular weight excluding hydrogens is 222 g/mol. The minimum atomic E-state index is -0.741. The lowest BCUT2D eigenvalue weighted by atomic mass is 10.0. The van der Waals surface area contributed by atoms with Crippen LogP contribution in [0.3, 0.4) is 0 Å². The number of ether oxygens (including phenoxy) is 2. The van der Waals surface area contributed by atoms with Gasteiger partial charge in [-0.3, -0.25) is 9.69 Å². The van der Waals surface area contributed by atoms with Gasteiger partial charge in [-0.1, -0.05) is 6.92 Å². The lowest BCUT2D eigenvalue weighted by Crippen LogP contribution is -2.50. The minimum absolute atomic E-state index is 0.306. The molecule has 1 rings (SSSR count). The van der Waals surface area contributed by atoms with Crippen LogP contribution in [0, 0.1) is 0 Å². The molecule has 1 aliphatic heterocycles. The molecule has 1 N–H and O–H groups in total. The molecule has 1 unspecified atom stereocenters. The fraction of sp³-hybridized carbons (Fsp3) is 0.917. The van der Waals surface area contributed by atoms with Gasteiger partial charge in [-0.25, -0.2) is 0 Å². The van der Waals surface area contributed by atoms with E-state index in [1.54, 1.807) is 7.11 Å². The van der Waals surface area contributed by atoms with E-state index in [2.05, 4.69) is 4.90 Å². The summed E-state index contributed by atoms with van der Waals surface area (Å²) >= 11 is 0. The molecule has 1 saturated heterocycles. The second-order valence-electron chi connectivity index (χ2n) is 4.34. The summed E-state index contributed by atoms with van der Waals surface area (Å²) in [6.07, 6.45) is 2.44. The van der Waals surface area contributed by atoms with E-state index >= 15 is 0 Å². The third kappa shape index (κ3) is 4.26. The SMILES string of the molecule is CCC(C(=O)O)N(CCOC)C1CCOCC1. The summed E-state index contributed by atoms with van der Waals surface area (Å²) in [7, 11) is 1.64. The van der Waals surface area contributed by atoms with E-state index in [4.69, 9.17) is 9.47 Å². The Morgan fingerprint density at radius 2 is 2.18 bits per heavy atom. The van der Waals surface area contributed by atoms with Crippen molar-refractivity contribution in [3.63, 3.8) is 0 Å². The summed E-state index contributed by atoms with van der Waals surface area (Å²) in [5.74, 6) is -0.741. The molecular formula is C12H23NO4. The number of carbonyl (C=O) groups is 1. The van der Waals surface area contributed by atoms with Gasteiger partial charge in [0.05, 0.1) is 6.61 Å². The molecule has 0 spiro atoms. The summed E-state index contributed by atoms with van der Waals surface area (Å²) in [6, 6.07) is -0.104. The molecule has 0 aliphatic carbocycles. The van der Waals surface area contributed by atoms with E-state index in [0.717, 1.165) is 26.1 Å². The van der Waals surface area contributed by atoms with Gasteiger partial charge in [-0.05, 0) is 19.3 Å². The first kappa shape index (κ1) is 14.4. The fourth-order valence-electron chi connectivity index (χ4n) is 2.36. The van der Waals surface area contributed by atoms with E-state index in [-0.39, 0.29) is 0 Å². The number of aliphatic carboxylic acids is 1. The first-order valence-corrected chi connectivity index (χ1v) is 6.26. The van der Waals surface area contributed by atoms with Crippen LogP contribution in [0.4, 0.5) is 0 Å². The number of carboxylic acids is 1. The highest BCUT2D eigenvalue weighted by Gasteiger charge is 2.30. The normalized spacial score (nSPS) is 19.5. The number of rotatable bonds is 7. The summed E-state index contributed by atoms with van der Waals surface area (Å²) in [5, 5.41) is 9.26. The van der Waals surface area contributed by atoms with Crippen molar-refractivity contribution in [2.45, 2.75) is 38.3 Å². The van der Waals surface area contributed by atoms with Gasteiger partial charge in [0.1, 0.15) is 6.04 Å². The molecule has 0 radical (unpaired) electrons. The second kappa shape index (κ2) is 7.63. The van der Waals surface area contributed by atoms with Crippen molar-refractivity contribution in [1.82, 2.24) is 4.90 Å². The molecule has 0 aromatic rings. The first-order chi connectivity index (χ1) is 8.20. The molecule has 5 nitrogen and oxygen atoms in total. The van der Waals surface area contributed by atoms with E-state index in [9.17, 15) is 9.90 Å². The second-order valence-corrected chi connectivity index (χ2v) is 4.34. The Hall–Kier alpha value is -0.650. The standard InChI is InChI=1S/C12H23NO4/c1-3-11(12(14)15)13(6-9-16-2)10-4-7-17-8-5-10/h10-11H,3-9H2,1-2H3,(H,14,15). The van der Waals surface area contributed by atoms with E-state index in [1.165, 1.54) is 0 Å². The van der Waals surface area contributed by atoms with Crippen LogP contribution in [0.15, 0.2) is 0 Å². The van der Waals surface area contributed by atoms with Crippen molar-refractivity contribution in [3.8, 4) is 0 Å². The van der Waals surface area contributed by atoms with Gasteiger partial charge in [-0.15, -0.1) is 0 Å². The van der Waals surface area contributed by atoms with Crippen LogP contribution in [0.5, 0.6) is 0 Å². The summed E-state index contributed by atoms with van der Waals surface area (Å²) in [6.45, 7) is 4.61. The Balaban J connectivity index is 2.65. The molecule has 0 aromatic heterocycles. The molecule has 0 amide bonds. The van der Waals surface area contributed by atoms with Gasteiger partial charge in [0.2, 0.25) is 0 Å². The van der Waals surface area contributed by atoms with Crippen LogP contribution < -0.4 is 0 Å². The van der Waals surface area contributed by atoms with E-state index < -0.39 is 12.0 Å². The lowest BCUT2D eigenvalue weighted by Gasteiger charge is -2.37. The van der Waals surface area contributed by atoms with Gasteiger partial charge >= 0.3 is 5.97 Å². The molecule has 5 heteroatoms. The highest BCUT2D eigenvalue weighted by molar-refractivity contribution is 5.73. The lowest BCUT2D eigenvalue weighted by molar-refractivity contribution is -0.145. The highest BCUT2D eigenvalue weighted by atomic mass is 16.5. The Labute approximate surface area is 103 Å². The van der Waals surface area contributed by atoms with Crippen molar-refractivity contribution in [1.29, 1.82) is 0 Å². The maximum absolute atomic E-state index is 11.3. The molecule has 100 valence electrons. The summed E-state index contributed by atoms with van der Waals surface area (Å²) < 4.78 is 10.4. The number of methoxy groups -OCH3 is 1. The molecule has 17 heavy (non-hydrogen) atoms. The Morgan fingerprint density at radius 1 is 1.53 bits per heavy atom. The number of hydrogen-bond acceptors (Lipinski definition) is 4. The molecule has 0 aromatic carbocycles. The third-order valence-corrected chi connectivity index (χ3v) is 3.29. The molecule has 1 atom stereocenters. The minimum Gasteiger partial charge on any atom is -0.480 e. The predicted octanol–water partition coefficient (Wildman–Crippen LogP) is 0.977. The van der Waals surface area contributed by atoms with Gasteiger partial charge < -0.3 is 14.6 Å². The largest absolute Gasteiger partial charge is 0.480 e.